The second kappa shape index (κ2) is 8.08. The van der Waals surface area contributed by atoms with Crippen molar-refractivity contribution in [3.8, 4) is 0 Å². The first-order chi connectivity index (χ1) is 10.5. The zero-order valence-corrected chi connectivity index (χ0v) is 13.4. The Morgan fingerprint density at radius 1 is 1.27 bits per heavy atom. The predicted octanol–water partition coefficient (Wildman–Crippen LogP) is 3.12. The van der Waals surface area contributed by atoms with Gasteiger partial charge in [-0.1, -0.05) is 23.8 Å². The number of nitrogens with zero attached hydrogens (tertiary/aromatic N) is 1. The maximum atomic E-state index is 12.8. The number of carbonyl (C=O) groups excluding carboxylic acids is 1. The van der Waals surface area contributed by atoms with E-state index < -0.39 is 0 Å². The Labute approximate surface area is 132 Å². The molecule has 0 unspecified atom stereocenters. The molecule has 22 heavy (non-hydrogen) atoms. The highest BCUT2D eigenvalue weighted by Gasteiger charge is 2.24. The molecule has 0 saturated carbocycles. The molecule has 1 amide bonds. The first-order valence-corrected chi connectivity index (χ1v) is 7.92. The highest BCUT2D eigenvalue weighted by molar-refractivity contribution is 5.78. The van der Waals surface area contributed by atoms with Gasteiger partial charge in [-0.3, -0.25) is 9.69 Å². The van der Waals surface area contributed by atoms with Crippen molar-refractivity contribution in [3.05, 3.63) is 47.3 Å². The number of amides is 1. The molecule has 0 atom stereocenters. The quantitative estimate of drug-likeness (QED) is 0.848. The molecular weight excluding hydrogens is 279 g/mol. The number of nitrogens with one attached hydrogen (secondary N) is 1. The molecule has 1 aromatic carbocycles. The van der Waals surface area contributed by atoms with Crippen molar-refractivity contribution in [1.82, 2.24) is 10.2 Å². The van der Waals surface area contributed by atoms with Gasteiger partial charge in [0, 0.05) is 19.0 Å². The molecule has 120 valence electrons. The maximum absolute atomic E-state index is 12.8. The number of hydrogen-bond donors (Lipinski definition) is 1. The molecule has 1 saturated heterocycles. The molecule has 0 bridgehead atoms. The van der Waals surface area contributed by atoms with Crippen LogP contribution >= 0.6 is 0 Å². The first kappa shape index (κ1) is 16.7. The van der Waals surface area contributed by atoms with Crippen LogP contribution in [0.15, 0.2) is 35.9 Å². The van der Waals surface area contributed by atoms with Gasteiger partial charge in [0.2, 0.25) is 5.91 Å². The van der Waals surface area contributed by atoms with Crippen LogP contribution in [-0.2, 0) is 11.3 Å². The van der Waals surface area contributed by atoms with E-state index in [0.29, 0.717) is 6.54 Å². The van der Waals surface area contributed by atoms with E-state index in [1.54, 1.807) is 12.1 Å². The summed E-state index contributed by atoms with van der Waals surface area (Å²) in [7, 11) is 0. The van der Waals surface area contributed by atoms with Crippen molar-refractivity contribution in [2.24, 2.45) is 5.92 Å². The summed E-state index contributed by atoms with van der Waals surface area (Å²) in [4.78, 5) is 14.6. The van der Waals surface area contributed by atoms with Crippen molar-refractivity contribution in [1.29, 1.82) is 0 Å². The van der Waals surface area contributed by atoms with E-state index >= 15 is 0 Å². The van der Waals surface area contributed by atoms with Gasteiger partial charge >= 0.3 is 0 Å². The Bertz CT molecular complexity index is 512. The molecule has 1 fully saturated rings. The Morgan fingerprint density at radius 3 is 2.50 bits per heavy atom. The van der Waals surface area contributed by atoms with Crippen molar-refractivity contribution >= 4 is 5.91 Å². The minimum atomic E-state index is -0.251. The number of likely N-dealkylation sites (tertiary alicyclic amines) is 1. The summed E-state index contributed by atoms with van der Waals surface area (Å²) in [5, 5.41) is 2.96. The van der Waals surface area contributed by atoms with Crippen molar-refractivity contribution in [2.75, 3.05) is 19.6 Å². The molecule has 1 aromatic rings. The fraction of sp³-hybridized carbons (Fsp3) is 0.500. The second-order valence-corrected chi connectivity index (χ2v) is 6.20. The molecule has 4 heteroatoms. The van der Waals surface area contributed by atoms with Gasteiger partial charge in [0.15, 0.2) is 0 Å². The Hall–Kier alpha value is -1.68. The zero-order chi connectivity index (χ0) is 15.9. The number of piperidine rings is 1. The molecule has 0 radical (unpaired) electrons. The zero-order valence-electron chi connectivity index (χ0n) is 13.4. The van der Waals surface area contributed by atoms with Crippen LogP contribution in [0.2, 0.25) is 0 Å². The van der Waals surface area contributed by atoms with Crippen LogP contribution in [-0.4, -0.2) is 30.4 Å². The number of allylic oxidation sites excluding steroid dienone is 1. The van der Waals surface area contributed by atoms with Crippen molar-refractivity contribution in [3.63, 3.8) is 0 Å². The molecule has 1 aliphatic rings. The van der Waals surface area contributed by atoms with Crippen LogP contribution < -0.4 is 5.32 Å². The lowest BCUT2D eigenvalue weighted by atomic mass is 9.95. The highest BCUT2D eigenvalue weighted by Crippen LogP contribution is 2.17. The summed E-state index contributed by atoms with van der Waals surface area (Å²) in [5.74, 6) is -0.0339. The van der Waals surface area contributed by atoms with Crippen LogP contribution in [0.5, 0.6) is 0 Å². The number of benzene rings is 1. The van der Waals surface area contributed by atoms with E-state index in [9.17, 15) is 9.18 Å². The standard InChI is InChI=1S/C18H25FN2O/c1-14(2)7-10-21-11-8-16(9-12-21)18(22)20-13-15-3-5-17(19)6-4-15/h3-7,16H,8-13H2,1-2H3,(H,20,22). The van der Waals surface area contributed by atoms with Gasteiger partial charge in [-0.2, -0.15) is 0 Å². The van der Waals surface area contributed by atoms with Crippen LogP contribution in [0.25, 0.3) is 0 Å². The van der Waals surface area contributed by atoms with Gasteiger partial charge in [0.25, 0.3) is 0 Å². The van der Waals surface area contributed by atoms with E-state index in [2.05, 4.69) is 30.1 Å². The minimum absolute atomic E-state index is 0.100. The summed E-state index contributed by atoms with van der Waals surface area (Å²) >= 11 is 0. The molecule has 0 spiro atoms. The predicted molar refractivity (Wildman–Crippen MR) is 86.8 cm³/mol. The molecule has 2 rings (SSSR count). The number of hydrogen-bond acceptors (Lipinski definition) is 2. The topological polar surface area (TPSA) is 32.3 Å². The SMILES string of the molecule is CC(C)=CCN1CCC(C(=O)NCc2ccc(F)cc2)CC1. The lowest BCUT2D eigenvalue weighted by Crippen LogP contribution is -2.40. The molecule has 3 nitrogen and oxygen atoms in total. The molecule has 0 aliphatic carbocycles. The van der Waals surface area contributed by atoms with Crippen LogP contribution in [0.3, 0.4) is 0 Å². The lowest BCUT2D eigenvalue weighted by molar-refractivity contribution is -0.126. The Balaban J connectivity index is 1.73. The Kier molecular flexibility index (Phi) is 6.13. The van der Waals surface area contributed by atoms with Crippen LogP contribution in [0, 0.1) is 11.7 Å². The summed E-state index contributed by atoms with van der Waals surface area (Å²) in [6.07, 6.45) is 4.05. The van der Waals surface area contributed by atoms with Crippen LogP contribution in [0.1, 0.15) is 32.3 Å². The normalized spacial score (nSPS) is 16.3. The van der Waals surface area contributed by atoms with Gasteiger partial charge in [0.1, 0.15) is 5.82 Å². The summed E-state index contributed by atoms with van der Waals surface area (Å²) in [5.41, 5.74) is 2.26. The van der Waals surface area contributed by atoms with Gasteiger partial charge in [-0.05, 0) is 57.5 Å². The van der Waals surface area contributed by atoms with Gasteiger partial charge in [-0.15, -0.1) is 0 Å². The highest BCUT2D eigenvalue weighted by atomic mass is 19.1. The fourth-order valence-corrected chi connectivity index (χ4v) is 2.63. The molecular formula is C18H25FN2O. The number of carbonyl (C=O) groups is 1. The third-order valence-corrected chi connectivity index (χ3v) is 4.10. The third kappa shape index (κ3) is 5.26. The summed E-state index contributed by atoms with van der Waals surface area (Å²) in [6, 6.07) is 6.25. The van der Waals surface area contributed by atoms with E-state index in [-0.39, 0.29) is 17.6 Å². The van der Waals surface area contributed by atoms with Gasteiger partial charge in [-0.25, -0.2) is 4.39 Å². The monoisotopic (exact) mass is 304 g/mol. The van der Waals surface area contributed by atoms with Crippen LogP contribution in [0.4, 0.5) is 4.39 Å². The fourth-order valence-electron chi connectivity index (χ4n) is 2.63. The first-order valence-electron chi connectivity index (χ1n) is 7.92. The summed E-state index contributed by atoms with van der Waals surface area (Å²) < 4.78 is 12.8. The lowest BCUT2D eigenvalue weighted by Gasteiger charge is -2.30. The average molecular weight is 304 g/mol. The molecule has 1 aliphatic heterocycles. The van der Waals surface area contributed by atoms with Gasteiger partial charge < -0.3 is 5.32 Å². The van der Waals surface area contributed by atoms with E-state index in [0.717, 1.165) is 38.0 Å². The molecule has 0 aromatic heterocycles. The third-order valence-electron chi connectivity index (χ3n) is 4.10. The van der Waals surface area contributed by atoms with E-state index in [1.165, 1.54) is 17.7 Å². The van der Waals surface area contributed by atoms with Crippen molar-refractivity contribution < 1.29 is 9.18 Å². The molecule has 1 N–H and O–H groups in total. The van der Waals surface area contributed by atoms with Crippen molar-refractivity contribution in [2.45, 2.75) is 33.2 Å². The average Bonchev–Trinajstić information content (AvgIpc) is 2.52. The maximum Gasteiger partial charge on any atom is 0.223 e. The molecule has 1 heterocycles. The van der Waals surface area contributed by atoms with E-state index in [4.69, 9.17) is 0 Å². The number of rotatable bonds is 5. The van der Waals surface area contributed by atoms with E-state index in [1.807, 2.05) is 0 Å². The number of halogens is 1. The minimum Gasteiger partial charge on any atom is -0.352 e. The summed E-state index contributed by atoms with van der Waals surface area (Å²) in [6.45, 7) is 7.60. The Morgan fingerprint density at radius 2 is 1.91 bits per heavy atom. The second-order valence-electron chi connectivity index (χ2n) is 6.20. The largest absolute Gasteiger partial charge is 0.352 e. The smallest absolute Gasteiger partial charge is 0.223 e. The van der Waals surface area contributed by atoms with Gasteiger partial charge in [0.05, 0.1) is 0 Å².